The Morgan fingerprint density at radius 2 is 1.31 bits per heavy atom. The van der Waals surface area contributed by atoms with Crippen molar-refractivity contribution in [2.75, 3.05) is 13.7 Å². The number of carbonyl (C=O) groups is 4. The zero-order chi connectivity index (χ0) is 25.1. The predicted octanol–water partition coefficient (Wildman–Crippen LogP) is 2.89. The second kappa shape index (κ2) is 13.1. The van der Waals surface area contributed by atoms with Crippen molar-refractivity contribution in [3.05, 3.63) is 0 Å². The molecule has 0 spiro atoms. The summed E-state index contributed by atoms with van der Waals surface area (Å²) in [6.07, 6.45) is 0.0781. The highest BCUT2D eigenvalue weighted by Gasteiger charge is 2.27. The number of rotatable bonds is 10. The van der Waals surface area contributed by atoms with Crippen LogP contribution in [0.5, 0.6) is 0 Å². The quantitative estimate of drug-likeness (QED) is 0.260. The molecule has 0 heterocycles. The van der Waals surface area contributed by atoms with E-state index in [1.54, 1.807) is 41.5 Å². The van der Waals surface area contributed by atoms with Crippen LogP contribution >= 0.6 is 0 Å². The third kappa shape index (κ3) is 13.7. The van der Waals surface area contributed by atoms with Crippen molar-refractivity contribution in [2.45, 2.75) is 97.9 Å². The summed E-state index contributed by atoms with van der Waals surface area (Å²) < 4.78 is 15.1. The Morgan fingerprint density at radius 1 is 0.812 bits per heavy atom. The minimum Gasteiger partial charge on any atom is -0.467 e. The molecule has 0 fully saturated rings. The lowest BCUT2D eigenvalue weighted by Crippen LogP contribution is -2.51. The van der Waals surface area contributed by atoms with Gasteiger partial charge in [-0.3, -0.25) is 4.79 Å². The molecule has 186 valence electrons. The van der Waals surface area contributed by atoms with Crippen LogP contribution in [-0.2, 0) is 23.8 Å². The molecular formula is C22H41N3O7. The number of hydrogen-bond donors (Lipinski definition) is 3. The molecule has 0 aromatic rings. The number of ether oxygens (including phenoxy) is 3. The number of carbonyl (C=O) groups excluding carboxylic acids is 4. The normalized spacial score (nSPS) is 13.6. The fraction of sp³-hybridized carbons (Fsp3) is 0.818. The Morgan fingerprint density at radius 3 is 1.75 bits per heavy atom. The highest BCUT2D eigenvalue weighted by Crippen LogP contribution is 2.10. The Hall–Kier alpha value is -2.52. The summed E-state index contributed by atoms with van der Waals surface area (Å²) in [6.45, 7) is 14.4. The van der Waals surface area contributed by atoms with Crippen molar-refractivity contribution in [1.29, 1.82) is 0 Å². The topological polar surface area (TPSA) is 132 Å². The molecule has 0 aliphatic carbocycles. The number of nitrogens with one attached hydrogen (secondary N) is 3. The van der Waals surface area contributed by atoms with Gasteiger partial charge in [-0.25, -0.2) is 14.4 Å². The number of esters is 1. The number of hydrogen-bond acceptors (Lipinski definition) is 7. The van der Waals surface area contributed by atoms with Crippen molar-refractivity contribution >= 4 is 24.1 Å². The monoisotopic (exact) mass is 459 g/mol. The van der Waals surface area contributed by atoms with E-state index in [4.69, 9.17) is 14.2 Å². The molecule has 0 saturated carbocycles. The fourth-order valence-electron chi connectivity index (χ4n) is 2.61. The average Bonchev–Trinajstić information content (AvgIpc) is 2.60. The second-order valence-corrected chi connectivity index (χ2v) is 9.88. The Kier molecular flexibility index (Phi) is 12.1. The molecule has 0 aliphatic rings. The SMILES string of the molecule is COC(=O)[C@H](CCCCNC(=O)[C@@H](NC(=O)OC(C)(C)C)C(C)C)NC(=O)OC(C)(C)C. The van der Waals surface area contributed by atoms with E-state index in [1.807, 2.05) is 13.8 Å². The van der Waals surface area contributed by atoms with Gasteiger partial charge in [0.15, 0.2) is 0 Å². The number of unbranched alkanes of at least 4 members (excludes halogenated alkanes) is 1. The van der Waals surface area contributed by atoms with Gasteiger partial charge in [-0.15, -0.1) is 0 Å². The van der Waals surface area contributed by atoms with Crippen molar-refractivity contribution in [2.24, 2.45) is 5.92 Å². The summed E-state index contributed by atoms with van der Waals surface area (Å²) in [7, 11) is 1.25. The van der Waals surface area contributed by atoms with E-state index in [1.165, 1.54) is 7.11 Å². The van der Waals surface area contributed by atoms with E-state index in [-0.39, 0.29) is 11.8 Å². The second-order valence-electron chi connectivity index (χ2n) is 9.88. The van der Waals surface area contributed by atoms with Crippen LogP contribution in [0, 0.1) is 5.92 Å². The first-order valence-corrected chi connectivity index (χ1v) is 10.9. The summed E-state index contributed by atoms with van der Waals surface area (Å²) >= 11 is 0. The standard InChI is InChI=1S/C22H41N3O7/c1-14(2)16(25-20(29)32-22(6,7)8)17(26)23-13-11-10-12-15(18(27)30-9)24-19(28)31-21(3,4)5/h14-16H,10-13H2,1-9H3,(H,23,26)(H,24,28)(H,25,29)/t15-,16-/m0/s1. The molecule has 0 bridgehead atoms. The van der Waals surface area contributed by atoms with Crippen molar-refractivity contribution in [1.82, 2.24) is 16.0 Å². The Balaban J connectivity index is 4.58. The smallest absolute Gasteiger partial charge is 0.408 e. The minimum atomic E-state index is -0.845. The van der Waals surface area contributed by atoms with Gasteiger partial charge >= 0.3 is 18.2 Å². The van der Waals surface area contributed by atoms with Crippen molar-refractivity contribution < 1.29 is 33.4 Å². The zero-order valence-electron chi connectivity index (χ0n) is 20.9. The molecule has 2 atom stereocenters. The lowest BCUT2D eigenvalue weighted by molar-refractivity contribution is -0.143. The van der Waals surface area contributed by atoms with E-state index < -0.39 is 41.4 Å². The van der Waals surface area contributed by atoms with Crippen LogP contribution in [0.1, 0.15) is 74.7 Å². The summed E-state index contributed by atoms with van der Waals surface area (Å²) in [6, 6.07) is -1.58. The molecular weight excluding hydrogens is 418 g/mol. The first kappa shape index (κ1) is 29.5. The number of methoxy groups -OCH3 is 1. The highest BCUT2D eigenvalue weighted by atomic mass is 16.6. The van der Waals surface area contributed by atoms with Crippen LogP contribution in [0.2, 0.25) is 0 Å². The Labute approximate surface area is 191 Å². The number of amides is 3. The average molecular weight is 460 g/mol. The van der Waals surface area contributed by atoms with Gasteiger partial charge in [0.05, 0.1) is 7.11 Å². The maximum absolute atomic E-state index is 12.5. The van der Waals surface area contributed by atoms with Gasteiger partial charge in [0.1, 0.15) is 23.3 Å². The van der Waals surface area contributed by atoms with Crippen LogP contribution in [0.25, 0.3) is 0 Å². The summed E-state index contributed by atoms with van der Waals surface area (Å²) in [4.78, 5) is 48.4. The molecule has 3 amide bonds. The lowest BCUT2D eigenvalue weighted by Gasteiger charge is -2.25. The maximum atomic E-state index is 12.5. The third-order valence-electron chi connectivity index (χ3n) is 4.02. The molecule has 0 aliphatic heterocycles. The van der Waals surface area contributed by atoms with Gasteiger partial charge in [0.25, 0.3) is 0 Å². The molecule has 10 heteroatoms. The largest absolute Gasteiger partial charge is 0.467 e. The summed E-state index contributed by atoms with van der Waals surface area (Å²) in [5.41, 5.74) is -1.35. The zero-order valence-corrected chi connectivity index (χ0v) is 20.9. The van der Waals surface area contributed by atoms with Crippen LogP contribution < -0.4 is 16.0 Å². The van der Waals surface area contributed by atoms with Gasteiger partial charge in [0.2, 0.25) is 5.91 Å². The molecule has 0 unspecified atom stereocenters. The predicted molar refractivity (Wildman–Crippen MR) is 120 cm³/mol. The van der Waals surface area contributed by atoms with Gasteiger partial charge in [-0.2, -0.15) is 0 Å². The molecule has 10 nitrogen and oxygen atoms in total. The molecule has 0 rings (SSSR count). The first-order chi connectivity index (χ1) is 14.6. The molecule has 0 radical (unpaired) electrons. The lowest BCUT2D eigenvalue weighted by atomic mass is 10.0. The van der Waals surface area contributed by atoms with Crippen LogP contribution in [-0.4, -0.2) is 61.0 Å². The summed E-state index contributed by atoms with van der Waals surface area (Å²) in [5.74, 6) is -1.02. The minimum absolute atomic E-state index is 0.135. The molecule has 0 saturated heterocycles. The molecule has 0 aromatic heterocycles. The van der Waals surface area contributed by atoms with E-state index >= 15 is 0 Å². The van der Waals surface area contributed by atoms with Crippen LogP contribution in [0.15, 0.2) is 0 Å². The van der Waals surface area contributed by atoms with Crippen molar-refractivity contribution in [3.63, 3.8) is 0 Å². The van der Waals surface area contributed by atoms with E-state index in [0.717, 1.165) is 0 Å². The van der Waals surface area contributed by atoms with Gasteiger partial charge in [-0.1, -0.05) is 13.8 Å². The highest BCUT2D eigenvalue weighted by molar-refractivity contribution is 5.86. The first-order valence-electron chi connectivity index (χ1n) is 10.9. The van der Waals surface area contributed by atoms with E-state index in [0.29, 0.717) is 25.8 Å². The van der Waals surface area contributed by atoms with Crippen LogP contribution in [0.3, 0.4) is 0 Å². The molecule has 0 aromatic carbocycles. The van der Waals surface area contributed by atoms with Gasteiger partial charge in [-0.05, 0) is 66.7 Å². The van der Waals surface area contributed by atoms with Gasteiger partial charge in [0, 0.05) is 6.54 Å². The Bertz CT molecular complexity index is 636. The molecule has 32 heavy (non-hydrogen) atoms. The van der Waals surface area contributed by atoms with E-state index in [2.05, 4.69) is 16.0 Å². The molecule has 3 N–H and O–H groups in total. The van der Waals surface area contributed by atoms with E-state index in [9.17, 15) is 19.2 Å². The summed E-state index contributed by atoms with van der Waals surface area (Å²) in [5, 5.41) is 7.90. The fourth-order valence-corrected chi connectivity index (χ4v) is 2.61. The van der Waals surface area contributed by atoms with Crippen molar-refractivity contribution in [3.8, 4) is 0 Å². The maximum Gasteiger partial charge on any atom is 0.408 e. The number of alkyl carbamates (subject to hydrolysis) is 2. The third-order valence-corrected chi connectivity index (χ3v) is 4.02. The van der Waals surface area contributed by atoms with Gasteiger partial charge < -0.3 is 30.2 Å². The van der Waals surface area contributed by atoms with Crippen LogP contribution in [0.4, 0.5) is 9.59 Å².